The minimum atomic E-state index is 0.363. The Morgan fingerprint density at radius 1 is 1.27 bits per heavy atom. The van der Waals surface area contributed by atoms with Gasteiger partial charge in [0.15, 0.2) is 5.82 Å². The maximum absolute atomic E-state index is 5.60. The molecule has 0 atom stereocenters. The van der Waals surface area contributed by atoms with Crippen molar-refractivity contribution < 1.29 is 0 Å². The first-order valence-corrected chi connectivity index (χ1v) is 4.76. The Bertz CT molecular complexity index is 474. The van der Waals surface area contributed by atoms with Crippen molar-refractivity contribution in [2.75, 3.05) is 0 Å². The van der Waals surface area contributed by atoms with Gasteiger partial charge in [-0.05, 0) is 19.9 Å². The molecule has 0 aliphatic rings. The Hall–Kier alpha value is -1.75. The highest BCUT2D eigenvalue weighted by atomic mass is 15.3. The third-order valence-electron chi connectivity index (χ3n) is 2.16. The molecule has 0 radical (unpaired) electrons. The topological polar surface area (TPSA) is 69.6 Å². The highest BCUT2D eigenvalue weighted by molar-refractivity contribution is 5.29. The third kappa shape index (κ3) is 1.73. The van der Waals surface area contributed by atoms with E-state index in [1.807, 2.05) is 19.9 Å². The minimum absolute atomic E-state index is 0.363. The monoisotopic (exact) mass is 203 g/mol. The lowest BCUT2D eigenvalue weighted by Crippen LogP contribution is -2.10. The summed E-state index contributed by atoms with van der Waals surface area (Å²) in [5, 5.41) is 4.35. The molecule has 0 bridgehead atoms. The van der Waals surface area contributed by atoms with E-state index in [0.717, 1.165) is 17.1 Å². The smallest absolute Gasteiger partial charge is 0.176 e. The molecule has 0 amide bonds. The van der Waals surface area contributed by atoms with Gasteiger partial charge in [0.05, 0.1) is 11.4 Å². The van der Waals surface area contributed by atoms with Gasteiger partial charge in [-0.3, -0.25) is 4.98 Å². The van der Waals surface area contributed by atoms with Crippen LogP contribution in [0.2, 0.25) is 0 Å². The normalized spacial score (nSPS) is 10.6. The van der Waals surface area contributed by atoms with Gasteiger partial charge in [-0.1, -0.05) is 0 Å². The summed E-state index contributed by atoms with van der Waals surface area (Å²) in [5.41, 5.74) is 8.34. The lowest BCUT2D eigenvalue weighted by atomic mass is 10.4. The van der Waals surface area contributed by atoms with E-state index < -0.39 is 0 Å². The van der Waals surface area contributed by atoms with Crippen LogP contribution < -0.4 is 5.73 Å². The van der Waals surface area contributed by atoms with Crippen LogP contribution in [0.3, 0.4) is 0 Å². The number of nitrogens with zero attached hydrogens (tertiary/aromatic N) is 4. The molecule has 0 fully saturated rings. The van der Waals surface area contributed by atoms with Crippen LogP contribution in [0.4, 0.5) is 0 Å². The van der Waals surface area contributed by atoms with E-state index in [2.05, 4.69) is 15.1 Å². The number of aryl methyl sites for hydroxylation is 2. The number of aromatic nitrogens is 4. The van der Waals surface area contributed by atoms with Crippen molar-refractivity contribution in [2.45, 2.75) is 20.4 Å². The molecule has 0 aliphatic heterocycles. The molecule has 0 aliphatic carbocycles. The molecule has 2 rings (SSSR count). The first-order valence-electron chi connectivity index (χ1n) is 4.76. The number of rotatable bonds is 2. The fourth-order valence-corrected chi connectivity index (χ4v) is 1.52. The highest BCUT2D eigenvalue weighted by Crippen LogP contribution is 2.11. The molecule has 0 saturated heterocycles. The average Bonchev–Trinajstić information content (AvgIpc) is 2.57. The average molecular weight is 203 g/mol. The predicted molar refractivity (Wildman–Crippen MR) is 56.5 cm³/mol. The van der Waals surface area contributed by atoms with Gasteiger partial charge in [0, 0.05) is 24.6 Å². The van der Waals surface area contributed by atoms with Crippen molar-refractivity contribution >= 4 is 0 Å². The van der Waals surface area contributed by atoms with Crippen molar-refractivity contribution in [2.24, 2.45) is 5.73 Å². The molecule has 0 aromatic carbocycles. The number of hydrogen-bond acceptors (Lipinski definition) is 4. The van der Waals surface area contributed by atoms with Gasteiger partial charge in [-0.25, -0.2) is 9.67 Å². The molecule has 0 spiro atoms. The highest BCUT2D eigenvalue weighted by Gasteiger charge is 2.09. The quantitative estimate of drug-likeness (QED) is 0.781. The Morgan fingerprint density at radius 3 is 2.60 bits per heavy atom. The molecule has 78 valence electrons. The predicted octanol–water partition coefficient (Wildman–Crippen LogP) is 0.738. The van der Waals surface area contributed by atoms with Gasteiger partial charge >= 0.3 is 0 Å². The first-order chi connectivity index (χ1) is 7.22. The largest absolute Gasteiger partial charge is 0.325 e. The summed E-state index contributed by atoms with van der Waals surface area (Å²) in [6.45, 7) is 4.29. The molecule has 5 heteroatoms. The minimum Gasteiger partial charge on any atom is -0.325 e. The van der Waals surface area contributed by atoms with E-state index in [4.69, 9.17) is 5.73 Å². The lowest BCUT2D eigenvalue weighted by Gasteiger charge is -2.06. The molecule has 2 aromatic rings. The molecule has 0 saturated carbocycles. The van der Waals surface area contributed by atoms with Gasteiger partial charge < -0.3 is 5.73 Å². The van der Waals surface area contributed by atoms with Crippen molar-refractivity contribution in [3.63, 3.8) is 0 Å². The van der Waals surface area contributed by atoms with Gasteiger partial charge in [-0.15, -0.1) is 0 Å². The molecule has 0 unspecified atom stereocenters. The van der Waals surface area contributed by atoms with Crippen molar-refractivity contribution in [3.8, 4) is 5.82 Å². The lowest BCUT2D eigenvalue weighted by molar-refractivity contribution is 0.773. The standard InChI is InChI=1S/C10H13N5/c1-7-5-8(2)15(14-7)10-9(6-11)12-3-4-13-10/h3-5H,6,11H2,1-2H3. The zero-order valence-corrected chi connectivity index (χ0v) is 8.81. The second kappa shape index (κ2) is 3.78. The SMILES string of the molecule is Cc1cc(C)n(-c2nccnc2CN)n1. The summed E-state index contributed by atoms with van der Waals surface area (Å²) in [4.78, 5) is 8.43. The molecule has 2 N–H and O–H groups in total. The zero-order chi connectivity index (χ0) is 10.8. The molecule has 5 nitrogen and oxygen atoms in total. The van der Waals surface area contributed by atoms with Crippen molar-refractivity contribution in [3.05, 3.63) is 35.5 Å². The van der Waals surface area contributed by atoms with Crippen molar-refractivity contribution in [1.29, 1.82) is 0 Å². The van der Waals surface area contributed by atoms with Crippen molar-refractivity contribution in [1.82, 2.24) is 19.7 Å². The Kier molecular flexibility index (Phi) is 2.47. The van der Waals surface area contributed by atoms with Crippen LogP contribution in [0.15, 0.2) is 18.5 Å². The van der Waals surface area contributed by atoms with E-state index in [0.29, 0.717) is 12.4 Å². The van der Waals surface area contributed by atoms with Crippen LogP contribution in [-0.2, 0) is 6.54 Å². The van der Waals surface area contributed by atoms with E-state index >= 15 is 0 Å². The summed E-state index contributed by atoms with van der Waals surface area (Å²) >= 11 is 0. The summed E-state index contributed by atoms with van der Waals surface area (Å²) in [5.74, 6) is 0.714. The Labute approximate surface area is 88.0 Å². The molecular formula is C10H13N5. The zero-order valence-electron chi connectivity index (χ0n) is 8.81. The third-order valence-corrected chi connectivity index (χ3v) is 2.16. The van der Waals surface area contributed by atoms with Gasteiger partial charge in [0.1, 0.15) is 0 Å². The molecule has 2 aromatic heterocycles. The Balaban J connectivity index is 2.58. The second-order valence-electron chi connectivity index (χ2n) is 3.37. The summed E-state index contributed by atoms with van der Waals surface area (Å²) in [6, 6.07) is 2.00. The molecular weight excluding hydrogens is 190 g/mol. The van der Waals surface area contributed by atoms with Crippen LogP contribution in [-0.4, -0.2) is 19.7 Å². The Morgan fingerprint density at radius 2 is 2.00 bits per heavy atom. The first kappa shape index (κ1) is 9.79. The van der Waals surface area contributed by atoms with Crippen LogP contribution >= 0.6 is 0 Å². The van der Waals surface area contributed by atoms with E-state index in [9.17, 15) is 0 Å². The number of hydrogen-bond donors (Lipinski definition) is 1. The fraction of sp³-hybridized carbons (Fsp3) is 0.300. The van der Waals surface area contributed by atoms with Crippen LogP contribution in [0.25, 0.3) is 5.82 Å². The van der Waals surface area contributed by atoms with Gasteiger partial charge in [-0.2, -0.15) is 5.10 Å². The second-order valence-corrected chi connectivity index (χ2v) is 3.37. The maximum Gasteiger partial charge on any atom is 0.176 e. The summed E-state index contributed by atoms with van der Waals surface area (Å²) < 4.78 is 1.77. The van der Waals surface area contributed by atoms with E-state index in [-0.39, 0.29) is 0 Å². The molecule has 15 heavy (non-hydrogen) atoms. The molecule has 2 heterocycles. The maximum atomic E-state index is 5.60. The van der Waals surface area contributed by atoms with Gasteiger partial charge in [0.25, 0.3) is 0 Å². The summed E-state index contributed by atoms with van der Waals surface area (Å²) in [6.07, 6.45) is 3.28. The van der Waals surface area contributed by atoms with Gasteiger partial charge in [0.2, 0.25) is 0 Å². The summed E-state index contributed by atoms with van der Waals surface area (Å²) in [7, 11) is 0. The van der Waals surface area contributed by atoms with Crippen LogP contribution in [0.5, 0.6) is 0 Å². The van der Waals surface area contributed by atoms with E-state index in [1.165, 1.54) is 0 Å². The number of nitrogens with two attached hydrogens (primary N) is 1. The van der Waals surface area contributed by atoms with E-state index in [1.54, 1.807) is 17.1 Å². The van der Waals surface area contributed by atoms with Crippen LogP contribution in [0.1, 0.15) is 17.1 Å². The fourth-order valence-electron chi connectivity index (χ4n) is 1.52. The van der Waals surface area contributed by atoms with Crippen LogP contribution in [0, 0.1) is 13.8 Å².